The Bertz CT molecular complexity index is 3430. The molecule has 11 aromatic rings. The number of aromatic nitrogens is 2. The summed E-state index contributed by atoms with van der Waals surface area (Å²) >= 11 is 0. The van der Waals surface area contributed by atoms with E-state index < -0.39 is 0 Å². The number of hydrogen-bond acceptors (Lipinski definition) is 0. The summed E-state index contributed by atoms with van der Waals surface area (Å²) in [6, 6.07) is 71.9. The first-order chi connectivity index (χ1) is 28.0. The van der Waals surface area contributed by atoms with E-state index in [2.05, 4.69) is 217 Å². The minimum absolute atomic E-state index is 0.0631. The van der Waals surface area contributed by atoms with Gasteiger partial charge in [-0.3, -0.25) is 0 Å². The molecular formula is C55H38N2. The maximum atomic E-state index is 2.46. The van der Waals surface area contributed by atoms with Gasteiger partial charge in [-0.2, -0.15) is 0 Å². The third-order valence-electron chi connectivity index (χ3n) is 12.7. The Hall–Kier alpha value is -7.16. The minimum atomic E-state index is -0.0631. The van der Waals surface area contributed by atoms with Crippen LogP contribution in [0.4, 0.5) is 0 Å². The van der Waals surface area contributed by atoms with Crippen molar-refractivity contribution in [2.24, 2.45) is 0 Å². The highest BCUT2D eigenvalue weighted by Crippen LogP contribution is 2.49. The van der Waals surface area contributed by atoms with Crippen molar-refractivity contribution >= 4 is 54.4 Å². The molecule has 2 heteroatoms. The molecule has 1 aliphatic rings. The summed E-state index contributed by atoms with van der Waals surface area (Å²) in [5, 5.41) is 7.57. The van der Waals surface area contributed by atoms with Crippen LogP contribution in [-0.4, -0.2) is 9.13 Å². The van der Waals surface area contributed by atoms with E-state index in [0.29, 0.717) is 0 Å². The Morgan fingerprint density at radius 2 is 0.842 bits per heavy atom. The molecule has 1 aliphatic carbocycles. The molecule has 268 valence electrons. The number of para-hydroxylation sites is 2. The molecule has 0 bridgehead atoms. The number of fused-ring (bicyclic) bond motifs is 10. The summed E-state index contributed by atoms with van der Waals surface area (Å²) in [6.07, 6.45) is 0. The van der Waals surface area contributed by atoms with Crippen molar-refractivity contribution in [1.82, 2.24) is 9.13 Å². The van der Waals surface area contributed by atoms with E-state index in [-0.39, 0.29) is 5.41 Å². The predicted molar refractivity (Wildman–Crippen MR) is 241 cm³/mol. The van der Waals surface area contributed by atoms with Gasteiger partial charge in [-0.05, 0) is 110 Å². The Balaban J connectivity index is 0.941. The Morgan fingerprint density at radius 3 is 1.63 bits per heavy atom. The SMILES string of the molecule is CC1(C)c2ccccc2-c2ccc(-n3c4ccccc4c4ccc(-c5ccc(-c6ccc7c(c6)c6ccccc6n7-c6ccc7ccccc7c6)cc5)cc43)cc21. The van der Waals surface area contributed by atoms with Gasteiger partial charge in [0.05, 0.1) is 22.1 Å². The van der Waals surface area contributed by atoms with Gasteiger partial charge in [0.15, 0.2) is 0 Å². The second-order valence-electron chi connectivity index (χ2n) is 16.2. The maximum Gasteiger partial charge on any atom is 0.0547 e. The summed E-state index contributed by atoms with van der Waals surface area (Å²) in [6.45, 7) is 4.72. The number of benzene rings is 9. The molecule has 0 saturated heterocycles. The zero-order valence-corrected chi connectivity index (χ0v) is 31.9. The lowest BCUT2D eigenvalue weighted by Crippen LogP contribution is -2.15. The van der Waals surface area contributed by atoms with Crippen LogP contribution in [0, 0.1) is 0 Å². The van der Waals surface area contributed by atoms with Crippen LogP contribution in [0.3, 0.4) is 0 Å². The Labute approximate surface area is 331 Å². The highest BCUT2D eigenvalue weighted by Gasteiger charge is 2.35. The van der Waals surface area contributed by atoms with Crippen LogP contribution in [0.1, 0.15) is 25.0 Å². The average molecular weight is 727 g/mol. The maximum absolute atomic E-state index is 2.46. The fourth-order valence-electron chi connectivity index (χ4n) is 9.86. The van der Waals surface area contributed by atoms with Gasteiger partial charge in [0.2, 0.25) is 0 Å². The van der Waals surface area contributed by atoms with Crippen molar-refractivity contribution in [2.75, 3.05) is 0 Å². The predicted octanol–water partition coefficient (Wildman–Crippen LogP) is 14.7. The summed E-state index contributed by atoms with van der Waals surface area (Å²) in [5.41, 5.74) is 17.5. The van der Waals surface area contributed by atoms with Crippen LogP contribution in [0.25, 0.3) is 99.1 Å². The second-order valence-corrected chi connectivity index (χ2v) is 16.2. The molecule has 9 aromatic carbocycles. The van der Waals surface area contributed by atoms with Crippen molar-refractivity contribution in [3.05, 3.63) is 205 Å². The topological polar surface area (TPSA) is 9.86 Å². The molecule has 0 aliphatic heterocycles. The molecule has 0 spiro atoms. The summed E-state index contributed by atoms with van der Waals surface area (Å²) in [4.78, 5) is 0. The smallest absolute Gasteiger partial charge is 0.0547 e. The zero-order chi connectivity index (χ0) is 37.8. The lowest BCUT2D eigenvalue weighted by molar-refractivity contribution is 0.660. The largest absolute Gasteiger partial charge is 0.309 e. The van der Waals surface area contributed by atoms with Crippen molar-refractivity contribution in [2.45, 2.75) is 19.3 Å². The van der Waals surface area contributed by atoms with Gasteiger partial charge in [0, 0.05) is 38.3 Å². The van der Waals surface area contributed by atoms with Crippen LogP contribution in [0.5, 0.6) is 0 Å². The molecule has 0 N–H and O–H groups in total. The fraction of sp³-hybridized carbons (Fsp3) is 0.0545. The highest BCUT2D eigenvalue weighted by atomic mass is 15.0. The highest BCUT2D eigenvalue weighted by molar-refractivity contribution is 6.12. The van der Waals surface area contributed by atoms with E-state index in [1.165, 1.54) is 110 Å². The summed E-state index contributed by atoms with van der Waals surface area (Å²) in [7, 11) is 0. The molecule has 0 unspecified atom stereocenters. The first kappa shape index (κ1) is 32.1. The lowest BCUT2D eigenvalue weighted by atomic mass is 9.82. The molecule has 0 saturated carbocycles. The lowest BCUT2D eigenvalue weighted by Gasteiger charge is -2.22. The molecule has 0 atom stereocenters. The van der Waals surface area contributed by atoms with Crippen LogP contribution >= 0.6 is 0 Å². The molecule has 12 rings (SSSR count). The van der Waals surface area contributed by atoms with E-state index in [9.17, 15) is 0 Å². The average Bonchev–Trinajstić information content (AvgIpc) is 3.86. The Morgan fingerprint density at radius 1 is 0.316 bits per heavy atom. The molecule has 0 radical (unpaired) electrons. The number of rotatable bonds is 4. The summed E-state index contributed by atoms with van der Waals surface area (Å²) < 4.78 is 4.87. The van der Waals surface area contributed by atoms with Gasteiger partial charge in [-0.15, -0.1) is 0 Å². The van der Waals surface area contributed by atoms with Crippen molar-refractivity contribution in [1.29, 1.82) is 0 Å². The standard InChI is InChI=1S/C55H38N2/c1-55(2)49-16-8-5-13-43(49)44-29-27-42(34-50(44)55)57-51-17-9-6-14-45(51)47-28-24-40(33-54(47)57)37-21-19-36(20-22-37)39-25-30-53-48(32-39)46-15-7-10-18-52(46)56(53)41-26-23-35-11-3-4-12-38(35)31-41/h3-34H,1-2H3. The van der Waals surface area contributed by atoms with Gasteiger partial charge < -0.3 is 9.13 Å². The van der Waals surface area contributed by atoms with Gasteiger partial charge in [-0.25, -0.2) is 0 Å². The molecule has 57 heavy (non-hydrogen) atoms. The van der Waals surface area contributed by atoms with E-state index in [1.54, 1.807) is 0 Å². The minimum Gasteiger partial charge on any atom is -0.309 e. The quantitative estimate of drug-likeness (QED) is 0.171. The van der Waals surface area contributed by atoms with Crippen molar-refractivity contribution in [3.63, 3.8) is 0 Å². The first-order valence-electron chi connectivity index (χ1n) is 19.9. The Kier molecular flexibility index (Phi) is 6.72. The van der Waals surface area contributed by atoms with Gasteiger partial charge in [0.25, 0.3) is 0 Å². The van der Waals surface area contributed by atoms with E-state index in [1.807, 2.05) is 0 Å². The molecule has 2 nitrogen and oxygen atoms in total. The normalized spacial score (nSPS) is 13.2. The van der Waals surface area contributed by atoms with Crippen LogP contribution in [-0.2, 0) is 5.41 Å². The van der Waals surface area contributed by atoms with E-state index >= 15 is 0 Å². The van der Waals surface area contributed by atoms with E-state index in [4.69, 9.17) is 0 Å². The monoisotopic (exact) mass is 726 g/mol. The molecule has 2 aromatic heterocycles. The fourth-order valence-corrected chi connectivity index (χ4v) is 9.86. The van der Waals surface area contributed by atoms with Crippen LogP contribution in [0.2, 0.25) is 0 Å². The third-order valence-corrected chi connectivity index (χ3v) is 12.7. The zero-order valence-electron chi connectivity index (χ0n) is 31.9. The van der Waals surface area contributed by atoms with Crippen molar-refractivity contribution in [3.8, 4) is 44.8 Å². The molecule has 2 heterocycles. The molecular weight excluding hydrogens is 689 g/mol. The van der Waals surface area contributed by atoms with Gasteiger partial charge in [0.1, 0.15) is 0 Å². The number of hydrogen-bond donors (Lipinski definition) is 0. The van der Waals surface area contributed by atoms with Gasteiger partial charge >= 0.3 is 0 Å². The molecule has 0 fully saturated rings. The second kappa shape index (κ2) is 11.9. The number of nitrogens with zero attached hydrogens (tertiary/aromatic N) is 2. The molecule has 0 amide bonds. The third kappa shape index (κ3) is 4.71. The first-order valence-corrected chi connectivity index (χ1v) is 19.9. The van der Waals surface area contributed by atoms with E-state index in [0.717, 1.165) is 0 Å². The van der Waals surface area contributed by atoms with Crippen LogP contribution < -0.4 is 0 Å². The van der Waals surface area contributed by atoms with Crippen molar-refractivity contribution < 1.29 is 0 Å². The summed E-state index contributed by atoms with van der Waals surface area (Å²) in [5.74, 6) is 0. The van der Waals surface area contributed by atoms with Gasteiger partial charge in [-0.1, -0.05) is 153 Å². The van der Waals surface area contributed by atoms with Crippen LogP contribution in [0.15, 0.2) is 194 Å².